The molecule has 1 atom stereocenters. The summed E-state index contributed by atoms with van der Waals surface area (Å²) >= 11 is 0. The summed E-state index contributed by atoms with van der Waals surface area (Å²) in [6.07, 6.45) is 1.82. The number of methoxy groups -OCH3 is 1. The molecule has 1 aliphatic heterocycles. The van der Waals surface area contributed by atoms with Gasteiger partial charge in [-0.25, -0.2) is 0 Å². The molecule has 2 N–H and O–H groups in total. The van der Waals surface area contributed by atoms with Gasteiger partial charge in [0.15, 0.2) is 5.96 Å². The molecule has 1 fully saturated rings. The number of rotatable bonds is 7. The van der Waals surface area contributed by atoms with Gasteiger partial charge in [0.2, 0.25) is 0 Å². The van der Waals surface area contributed by atoms with Crippen LogP contribution in [0.2, 0.25) is 0 Å². The molecule has 1 heterocycles. The molecule has 0 amide bonds. The molecule has 0 aromatic heterocycles. The van der Waals surface area contributed by atoms with Crippen LogP contribution in [-0.4, -0.2) is 64.4 Å². The summed E-state index contributed by atoms with van der Waals surface area (Å²) in [5.74, 6) is 1.65. The molecule has 0 saturated carbocycles. The molecule has 24 heavy (non-hydrogen) atoms. The van der Waals surface area contributed by atoms with Gasteiger partial charge in [-0.15, -0.1) is 6.58 Å². The van der Waals surface area contributed by atoms with Crippen molar-refractivity contribution in [2.24, 2.45) is 4.99 Å². The average molecular weight is 332 g/mol. The van der Waals surface area contributed by atoms with Crippen LogP contribution in [0.5, 0.6) is 5.75 Å². The summed E-state index contributed by atoms with van der Waals surface area (Å²) in [6, 6.07) is 8.52. The Morgan fingerprint density at radius 3 is 2.62 bits per heavy atom. The van der Waals surface area contributed by atoms with E-state index in [1.165, 1.54) is 5.56 Å². The quantitative estimate of drug-likeness (QED) is 0.449. The van der Waals surface area contributed by atoms with E-state index >= 15 is 0 Å². The first-order chi connectivity index (χ1) is 11.8. The highest BCUT2D eigenvalue weighted by molar-refractivity contribution is 5.79. The van der Waals surface area contributed by atoms with Gasteiger partial charge in [0.1, 0.15) is 5.75 Å². The zero-order chi connectivity index (χ0) is 17.2. The Morgan fingerprint density at radius 1 is 1.33 bits per heavy atom. The van der Waals surface area contributed by atoms with Crippen LogP contribution in [0, 0.1) is 0 Å². The lowest BCUT2D eigenvalue weighted by Gasteiger charge is -2.35. The number of guanidine groups is 1. The van der Waals surface area contributed by atoms with E-state index in [1.807, 2.05) is 18.2 Å². The van der Waals surface area contributed by atoms with Crippen LogP contribution in [0.4, 0.5) is 0 Å². The zero-order valence-electron chi connectivity index (χ0n) is 14.6. The van der Waals surface area contributed by atoms with Crippen LogP contribution in [0.15, 0.2) is 41.9 Å². The fourth-order valence-corrected chi connectivity index (χ4v) is 2.76. The summed E-state index contributed by atoms with van der Waals surface area (Å²) < 4.78 is 10.8. The fraction of sp³-hybridized carbons (Fsp3) is 0.500. The van der Waals surface area contributed by atoms with Gasteiger partial charge in [0, 0.05) is 33.2 Å². The van der Waals surface area contributed by atoms with Crippen molar-refractivity contribution >= 4 is 5.96 Å². The highest BCUT2D eigenvalue weighted by atomic mass is 16.5. The maximum atomic E-state index is 5.49. The van der Waals surface area contributed by atoms with E-state index < -0.39 is 0 Å². The summed E-state index contributed by atoms with van der Waals surface area (Å²) in [4.78, 5) is 6.69. The molecule has 0 bridgehead atoms. The van der Waals surface area contributed by atoms with Crippen LogP contribution in [-0.2, 0) is 4.74 Å². The number of morpholine rings is 1. The van der Waals surface area contributed by atoms with E-state index in [1.54, 1.807) is 14.2 Å². The van der Waals surface area contributed by atoms with Gasteiger partial charge in [-0.05, 0) is 17.7 Å². The lowest BCUT2D eigenvalue weighted by molar-refractivity contribution is 0.0170. The van der Waals surface area contributed by atoms with Gasteiger partial charge >= 0.3 is 0 Å². The Labute approximate surface area is 144 Å². The molecule has 0 aliphatic carbocycles. The third-order valence-corrected chi connectivity index (χ3v) is 4.09. The molecular weight excluding hydrogens is 304 g/mol. The van der Waals surface area contributed by atoms with Crippen molar-refractivity contribution in [3.05, 3.63) is 42.5 Å². The molecule has 6 nitrogen and oxygen atoms in total. The van der Waals surface area contributed by atoms with Crippen molar-refractivity contribution in [1.29, 1.82) is 0 Å². The van der Waals surface area contributed by atoms with E-state index in [9.17, 15) is 0 Å². The Hall–Kier alpha value is -2.05. The predicted octanol–water partition coefficient (Wildman–Crippen LogP) is 1.42. The molecule has 2 rings (SSSR count). The van der Waals surface area contributed by atoms with Crippen molar-refractivity contribution in [2.75, 3.05) is 53.6 Å². The molecule has 1 aromatic rings. The molecule has 1 saturated heterocycles. The van der Waals surface area contributed by atoms with Crippen molar-refractivity contribution in [2.45, 2.75) is 6.04 Å². The van der Waals surface area contributed by atoms with E-state index in [4.69, 9.17) is 9.47 Å². The highest BCUT2D eigenvalue weighted by Crippen LogP contribution is 2.23. The minimum atomic E-state index is 0.252. The minimum Gasteiger partial charge on any atom is -0.497 e. The maximum Gasteiger partial charge on any atom is 0.191 e. The molecule has 132 valence electrons. The van der Waals surface area contributed by atoms with E-state index in [0.29, 0.717) is 6.54 Å². The van der Waals surface area contributed by atoms with Crippen LogP contribution >= 0.6 is 0 Å². The standard InChI is InChI=1S/C18H28N4O2/c1-4-9-20-18(19-2)21-14-17(22-10-12-24-13-11-22)15-5-7-16(23-3)8-6-15/h4-8,17H,1,9-14H2,2-3H3,(H2,19,20,21). The molecule has 0 spiro atoms. The summed E-state index contributed by atoms with van der Waals surface area (Å²) in [5.41, 5.74) is 1.25. The van der Waals surface area contributed by atoms with Gasteiger partial charge in [0.25, 0.3) is 0 Å². The third kappa shape index (κ3) is 5.25. The van der Waals surface area contributed by atoms with Gasteiger partial charge in [-0.2, -0.15) is 0 Å². The smallest absolute Gasteiger partial charge is 0.191 e. The number of aliphatic imine (C=N–C) groups is 1. The summed E-state index contributed by atoms with van der Waals surface area (Å²) in [6.45, 7) is 8.58. The SMILES string of the molecule is C=CCNC(=NC)NCC(c1ccc(OC)cc1)N1CCOCC1. The Morgan fingerprint density at radius 2 is 2.04 bits per heavy atom. The summed E-state index contributed by atoms with van der Waals surface area (Å²) in [7, 11) is 3.46. The third-order valence-electron chi connectivity index (χ3n) is 4.09. The van der Waals surface area contributed by atoms with Crippen LogP contribution in [0.25, 0.3) is 0 Å². The molecular formula is C18H28N4O2. The second-order valence-corrected chi connectivity index (χ2v) is 5.56. The summed E-state index contributed by atoms with van der Waals surface area (Å²) in [5, 5.41) is 6.61. The lowest BCUT2D eigenvalue weighted by Crippen LogP contribution is -2.46. The van der Waals surface area contributed by atoms with Crippen molar-refractivity contribution in [3.8, 4) is 5.75 Å². The fourth-order valence-electron chi connectivity index (χ4n) is 2.76. The van der Waals surface area contributed by atoms with Crippen LogP contribution in [0.3, 0.4) is 0 Å². The normalized spacial score (nSPS) is 17.2. The molecule has 1 aromatic carbocycles. The Bertz CT molecular complexity index is 524. The number of ether oxygens (including phenoxy) is 2. The van der Waals surface area contributed by atoms with Crippen molar-refractivity contribution in [1.82, 2.24) is 15.5 Å². The van der Waals surface area contributed by atoms with Gasteiger partial charge in [-0.3, -0.25) is 9.89 Å². The molecule has 6 heteroatoms. The maximum absolute atomic E-state index is 5.49. The van der Waals surface area contributed by atoms with Crippen molar-refractivity contribution in [3.63, 3.8) is 0 Å². The second kappa shape index (κ2) is 9.95. The molecule has 1 aliphatic rings. The number of hydrogen-bond donors (Lipinski definition) is 2. The van der Waals surface area contributed by atoms with Gasteiger partial charge in [-0.1, -0.05) is 18.2 Å². The monoisotopic (exact) mass is 332 g/mol. The number of nitrogens with zero attached hydrogens (tertiary/aromatic N) is 2. The van der Waals surface area contributed by atoms with E-state index in [2.05, 4.69) is 39.2 Å². The highest BCUT2D eigenvalue weighted by Gasteiger charge is 2.22. The number of benzene rings is 1. The first-order valence-electron chi connectivity index (χ1n) is 8.29. The topological polar surface area (TPSA) is 58.1 Å². The Balaban J connectivity index is 2.08. The number of nitrogens with one attached hydrogen (secondary N) is 2. The van der Waals surface area contributed by atoms with E-state index in [-0.39, 0.29) is 6.04 Å². The van der Waals surface area contributed by atoms with Crippen LogP contribution in [0.1, 0.15) is 11.6 Å². The zero-order valence-corrected chi connectivity index (χ0v) is 14.6. The van der Waals surface area contributed by atoms with Gasteiger partial charge in [0.05, 0.1) is 26.4 Å². The first kappa shape index (κ1) is 18.3. The van der Waals surface area contributed by atoms with E-state index in [0.717, 1.165) is 44.6 Å². The van der Waals surface area contributed by atoms with Crippen molar-refractivity contribution < 1.29 is 9.47 Å². The predicted molar refractivity (Wildman–Crippen MR) is 97.7 cm³/mol. The largest absolute Gasteiger partial charge is 0.497 e. The lowest BCUT2D eigenvalue weighted by atomic mass is 10.0. The Kier molecular flexibility index (Phi) is 7.58. The first-order valence-corrected chi connectivity index (χ1v) is 8.29. The minimum absolute atomic E-state index is 0.252. The van der Waals surface area contributed by atoms with Crippen LogP contribution < -0.4 is 15.4 Å². The molecule has 0 radical (unpaired) electrons. The average Bonchev–Trinajstić information content (AvgIpc) is 2.65. The molecule has 1 unspecified atom stereocenters. The van der Waals surface area contributed by atoms with Gasteiger partial charge < -0.3 is 20.1 Å². The number of hydrogen-bond acceptors (Lipinski definition) is 4. The second-order valence-electron chi connectivity index (χ2n) is 5.56.